The minimum Gasteiger partial charge on any atom is -0.320 e. The van der Waals surface area contributed by atoms with Crippen molar-refractivity contribution in [3.8, 4) is 0 Å². The van der Waals surface area contributed by atoms with E-state index in [-0.39, 0.29) is 16.5 Å². The lowest BCUT2D eigenvalue weighted by atomic mass is 10.3. The average Bonchev–Trinajstić information content (AvgIpc) is 2.71. The maximum atomic E-state index is 11.5. The normalized spacial score (nSPS) is 11.4. The topological polar surface area (TPSA) is 81.5 Å². The highest BCUT2D eigenvalue weighted by Gasteiger charge is 2.10. The van der Waals surface area contributed by atoms with E-state index in [4.69, 9.17) is 0 Å². The Bertz CT molecular complexity index is 730. The summed E-state index contributed by atoms with van der Waals surface area (Å²) in [5, 5.41) is 7.15. The van der Waals surface area contributed by atoms with E-state index in [0.717, 1.165) is 10.2 Å². The van der Waals surface area contributed by atoms with Crippen LogP contribution in [0.25, 0.3) is 21.1 Å². The molecule has 3 aromatic rings. The van der Waals surface area contributed by atoms with E-state index < -0.39 is 0 Å². The zero-order chi connectivity index (χ0) is 9.71. The van der Waals surface area contributed by atoms with Gasteiger partial charge in [0.1, 0.15) is 5.39 Å². The lowest BCUT2D eigenvalue weighted by Gasteiger charge is -1.89. The minimum atomic E-state index is -0.378. The van der Waals surface area contributed by atoms with Gasteiger partial charge in [-0.05, 0) is 11.4 Å². The number of pyridine rings is 1. The fraction of sp³-hybridized carbons (Fsp3) is 0. The maximum absolute atomic E-state index is 11.5. The van der Waals surface area contributed by atoms with Gasteiger partial charge in [-0.2, -0.15) is 0 Å². The fourth-order valence-corrected chi connectivity index (χ4v) is 2.39. The molecule has 0 atom stereocenters. The molecule has 0 unspecified atom stereocenters. The molecule has 0 spiro atoms. The molecular weight excluding hydrogens is 202 g/mol. The summed E-state index contributed by atoms with van der Waals surface area (Å²) in [7, 11) is 0. The van der Waals surface area contributed by atoms with Crippen LogP contribution in [0.15, 0.2) is 21.0 Å². The van der Waals surface area contributed by atoms with Crippen molar-refractivity contribution in [1.82, 2.24) is 15.2 Å². The van der Waals surface area contributed by atoms with E-state index >= 15 is 0 Å². The number of H-pyrrole nitrogens is 3. The zero-order valence-corrected chi connectivity index (χ0v) is 7.70. The molecule has 70 valence electrons. The van der Waals surface area contributed by atoms with Crippen LogP contribution in [0.3, 0.4) is 0 Å². The van der Waals surface area contributed by atoms with E-state index in [9.17, 15) is 9.59 Å². The Balaban J connectivity index is 2.83. The standard InChI is InChI=1S/C8H5N3O2S/c12-7-4-5(10-11-8(4)13)6-3(9-7)1-2-14-6/h1-2H,(H,9,12)(H2,10,11,13). The summed E-state index contributed by atoms with van der Waals surface area (Å²) >= 11 is 1.48. The van der Waals surface area contributed by atoms with Crippen molar-refractivity contribution in [3.63, 3.8) is 0 Å². The maximum Gasteiger partial charge on any atom is 0.277 e. The largest absolute Gasteiger partial charge is 0.320 e. The van der Waals surface area contributed by atoms with Gasteiger partial charge < -0.3 is 4.98 Å². The first-order valence-electron chi connectivity index (χ1n) is 3.97. The Hall–Kier alpha value is -1.82. The van der Waals surface area contributed by atoms with Crippen molar-refractivity contribution in [2.45, 2.75) is 0 Å². The lowest BCUT2D eigenvalue weighted by molar-refractivity contribution is 1.08. The predicted molar refractivity (Wildman–Crippen MR) is 54.9 cm³/mol. The van der Waals surface area contributed by atoms with Crippen molar-refractivity contribution < 1.29 is 0 Å². The molecule has 3 rings (SSSR count). The predicted octanol–water partition coefficient (Wildman–Crippen LogP) is 0.759. The van der Waals surface area contributed by atoms with Crippen LogP contribution in [-0.4, -0.2) is 15.2 Å². The Morgan fingerprint density at radius 1 is 1.14 bits per heavy atom. The molecule has 6 heteroatoms. The minimum absolute atomic E-state index is 0.167. The van der Waals surface area contributed by atoms with Gasteiger partial charge in [0.25, 0.3) is 11.1 Å². The molecule has 3 N–H and O–H groups in total. The number of aromatic amines is 3. The summed E-state index contributed by atoms with van der Waals surface area (Å²) in [6, 6.07) is 1.81. The average molecular weight is 207 g/mol. The monoisotopic (exact) mass is 207 g/mol. The highest BCUT2D eigenvalue weighted by Crippen LogP contribution is 2.22. The van der Waals surface area contributed by atoms with Gasteiger partial charge in [0.2, 0.25) is 0 Å². The van der Waals surface area contributed by atoms with Gasteiger partial charge in [0.15, 0.2) is 0 Å². The van der Waals surface area contributed by atoms with E-state index in [1.54, 1.807) is 0 Å². The Morgan fingerprint density at radius 3 is 2.86 bits per heavy atom. The molecule has 0 aliphatic carbocycles. The molecule has 0 aromatic carbocycles. The molecule has 0 saturated heterocycles. The summed E-state index contributed by atoms with van der Waals surface area (Å²) in [6.07, 6.45) is 0. The number of fused-ring (bicyclic) bond motifs is 3. The van der Waals surface area contributed by atoms with Crippen LogP contribution in [0.1, 0.15) is 0 Å². The molecule has 0 bridgehead atoms. The highest BCUT2D eigenvalue weighted by atomic mass is 32.1. The number of hydrogen-bond donors (Lipinski definition) is 3. The van der Waals surface area contributed by atoms with Crippen molar-refractivity contribution in [3.05, 3.63) is 32.2 Å². The van der Waals surface area contributed by atoms with Crippen LogP contribution in [0, 0.1) is 0 Å². The Labute approximate surface area is 80.4 Å². The van der Waals surface area contributed by atoms with Crippen molar-refractivity contribution in [2.24, 2.45) is 0 Å². The van der Waals surface area contributed by atoms with Gasteiger partial charge in [-0.3, -0.25) is 19.8 Å². The summed E-state index contributed by atoms with van der Waals surface area (Å²) in [5.74, 6) is 0. The van der Waals surface area contributed by atoms with Gasteiger partial charge in [-0.1, -0.05) is 0 Å². The van der Waals surface area contributed by atoms with Crippen LogP contribution < -0.4 is 11.1 Å². The second kappa shape index (κ2) is 2.36. The van der Waals surface area contributed by atoms with E-state index in [1.165, 1.54) is 11.3 Å². The zero-order valence-electron chi connectivity index (χ0n) is 6.88. The van der Waals surface area contributed by atoms with Gasteiger partial charge >= 0.3 is 0 Å². The fourth-order valence-electron chi connectivity index (χ4n) is 1.53. The third-order valence-corrected chi connectivity index (χ3v) is 3.08. The first-order valence-corrected chi connectivity index (χ1v) is 4.85. The van der Waals surface area contributed by atoms with Gasteiger partial charge in [0.05, 0.1) is 15.7 Å². The van der Waals surface area contributed by atoms with E-state index in [2.05, 4.69) is 15.2 Å². The van der Waals surface area contributed by atoms with Gasteiger partial charge in [0, 0.05) is 0 Å². The lowest BCUT2D eigenvalue weighted by Crippen LogP contribution is -2.12. The number of hydrogen-bond acceptors (Lipinski definition) is 3. The van der Waals surface area contributed by atoms with Crippen LogP contribution in [-0.2, 0) is 0 Å². The number of aromatic nitrogens is 3. The molecule has 3 aromatic heterocycles. The van der Waals surface area contributed by atoms with Crippen LogP contribution in [0.4, 0.5) is 0 Å². The first-order chi connectivity index (χ1) is 6.77. The highest BCUT2D eigenvalue weighted by molar-refractivity contribution is 7.18. The van der Waals surface area contributed by atoms with E-state index in [1.807, 2.05) is 11.4 Å². The van der Waals surface area contributed by atoms with Crippen molar-refractivity contribution in [2.75, 3.05) is 0 Å². The molecule has 0 saturated carbocycles. The van der Waals surface area contributed by atoms with Crippen LogP contribution in [0.2, 0.25) is 0 Å². The first kappa shape index (κ1) is 7.57. The second-order valence-corrected chi connectivity index (χ2v) is 3.86. The summed E-state index contributed by atoms with van der Waals surface area (Å²) in [5.41, 5.74) is 0.608. The molecule has 0 fully saturated rings. The smallest absolute Gasteiger partial charge is 0.277 e. The Morgan fingerprint density at radius 2 is 2.00 bits per heavy atom. The molecule has 0 aliphatic rings. The second-order valence-electron chi connectivity index (χ2n) is 2.95. The van der Waals surface area contributed by atoms with E-state index in [0.29, 0.717) is 5.52 Å². The molecule has 3 heterocycles. The number of rotatable bonds is 0. The molecular formula is C8H5N3O2S. The SMILES string of the molecule is O=c1[nH][nH]c2c1c(=O)[nH]c1ccsc12. The summed E-state index contributed by atoms with van der Waals surface area (Å²) in [6.45, 7) is 0. The molecule has 0 amide bonds. The summed E-state index contributed by atoms with van der Waals surface area (Å²) in [4.78, 5) is 25.4. The molecule has 14 heavy (non-hydrogen) atoms. The summed E-state index contributed by atoms with van der Waals surface area (Å²) < 4.78 is 0.887. The quantitative estimate of drug-likeness (QED) is 0.508. The van der Waals surface area contributed by atoms with Gasteiger partial charge in [-0.15, -0.1) is 11.3 Å². The third-order valence-electron chi connectivity index (χ3n) is 2.15. The third kappa shape index (κ3) is 0.779. The molecule has 0 radical (unpaired) electrons. The van der Waals surface area contributed by atoms with Crippen molar-refractivity contribution in [1.29, 1.82) is 0 Å². The van der Waals surface area contributed by atoms with Crippen molar-refractivity contribution >= 4 is 32.5 Å². The van der Waals surface area contributed by atoms with Crippen LogP contribution >= 0.6 is 11.3 Å². The molecule has 0 aliphatic heterocycles. The number of thiophene rings is 1. The van der Waals surface area contributed by atoms with Crippen LogP contribution in [0.5, 0.6) is 0 Å². The molecule has 5 nitrogen and oxygen atoms in total. The number of nitrogens with one attached hydrogen (secondary N) is 3. The Kier molecular flexibility index (Phi) is 1.27. The van der Waals surface area contributed by atoms with Gasteiger partial charge in [-0.25, -0.2) is 0 Å².